The first kappa shape index (κ1) is 14.4. The Labute approximate surface area is 115 Å². The molecule has 0 aliphatic rings. The van der Waals surface area contributed by atoms with Crippen molar-refractivity contribution < 1.29 is 18.3 Å². The third-order valence-electron chi connectivity index (χ3n) is 2.43. The van der Waals surface area contributed by atoms with Crippen LogP contribution >= 0.6 is 11.6 Å². The molecule has 1 heterocycles. The molecule has 8 heteroatoms. The molecule has 4 nitrogen and oxygen atoms in total. The Bertz CT molecular complexity index is 698. The van der Waals surface area contributed by atoms with Crippen molar-refractivity contribution >= 4 is 11.6 Å². The zero-order valence-electron chi connectivity index (χ0n) is 9.83. The second-order valence-electron chi connectivity index (χ2n) is 4.01. The zero-order valence-corrected chi connectivity index (χ0v) is 10.6. The first-order valence-corrected chi connectivity index (χ1v) is 5.79. The summed E-state index contributed by atoms with van der Waals surface area (Å²) in [5.41, 5.74) is -0.820. The fourth-order valence-corrected chi connectivity index (χ4v) is 1.87. The quantitative estimate of drug-likeness (QED) is 0.896. The van der Waals surface area contributed by atoms with E-state index in [-0.39, 0.29) is 11.1 Å². The number of aromatic hydroxyl groups is 1. The first-order chi connectivity index (χ1) is 9.26. The number of nitrogens with zero attached hydrogens (tertiary/aromatic N) is 1. The molecule has 0 aliphatic heterocycles. The largest absolute Gasteiger partial charge is 0.493 e. The summed E-state index contributed by atoms with van der Waals surface area (Å²) in [5, 5.41) is 9.99. The van der Waals surface area contributed by atoms with Crippen molar-refractivity contribution in [3.05, 3.63) is 45.5 Å². The summed E-state index contributed by atoms with van der Waals surface area (Å²) in [6.45, 7) is 0. The van der Waals surface area contributed by atoms with Crippen LogP contribution in [0.25, 0.3) is 11.1 Å². The Balaban J connectivity index is 2.50. The van der Waals surface area contributed by atoms with Crippen molar-refractivity contribution in [1.29, 1.82) is 0 Å². The van der Waals surface area contributed by atoms with Crippen LogP contribution < -0.4 is 5.56 Å². The molecule has 0 atom stereocenters. The van der Waals surface area contributed by atoms with E-state index >= 15 is 0 Å². The molecule has 0 aliphatic carbocycles. The number of aromatic nitrogens is 2. The monoisotopic (exact) mass is 304 g/mol. The van der Waals surface area contributed by atoms with E-state index in [1.165, 1.54) is 12.1 Å². The molecular weight excluding hydrogens is 297 g/mol. The predicted octanol–water partition coefficient (Wildman–Crippen LogP) is 2.90. The van der Waals surface area contributed by atoms with Gasteiger partial charge in [0.15, 0.2) is 0 Å². The van der Waals surface area contributed by atoms with E-state index in [1.54, 1.807) is 12.1 Å². The van der Waals surface area contributed by atoms with E-state index in [0.717, 1.165) is 0 Å². The number of rotatable bonds is 2. The van der Waals surface area contributed by atoms with Crippen molar-refractivity contribution in [2.45, 2.75) is 12.6 Å². The van der Waals surface area contributed by atoms with Gasteiger partial charge in [0.05, 0.1) is 0 Å². The van der Waals surface area contributed by atoms with Crippen LogP contribution in [0, 0.1) is 0 Å². The number of nitrogens with one attached hydrogen (secondary N) is 1. The van der Waals surface area contributed by atoms with Gasteiger partial charge in [0.2, 0.25) is 5.88 Å². The lowest BCUT2D eigenvalue weighted by molar-refractivity contribution is -0.128. The number of hydrogen-bond donors (Lipinski definition) is 2. The van der Waals surface area contributed by atoms with Crippen LogP contribution in [0.3, 0.4) is 0 Å². The topological polar surface area (TPSA) is 66.0 Å². The van der Waals surface area contributed by atoms with Gasteiger partial charge in [-0.25, -0.2) is 0 Å². The van der Waals surface area contributed by atoms with Gasteiger partial charge >= 0.3 is 6.18 Å². The standard InChI is InChI=1S/C12H8ClF3N2O2/c13-7-3-1-2-6(4-7)9-10(19)17-8(18-11(9)20)5-12(14,15)16/h1-4H,5H2,(H2,17,18,19,20). The van der Waals surface area contributed by atoms with Gasteiger partial charge in [0.25, 0.3) is 5.56 Å². The van der Waals surface area contributed by atoms with Crippen LogP contribution in [-0.4, -0.2) is 21.3 Å². The molecule has 0 bridgehead atoms. The summed E-state index contributed by atoms with van der Waals surface area (Å²) >= 11 is 5.75. The summed E-state index contributed by atoms with van der Waals surface area (Å²) in [7, 11) is 0. The molecule has 1 aromatic carbocycles. The van der Waals surface area contributed by atoms with Crippen LogP contribution in [0.1, 0.15) is 5.82 Å². The van der Waals surface area contributed by atoms with Gasteiger partial charge in [-0.05, 0) is 17.7 Å². The lowest BCUT2D eigenvalue weighted by Gasteiger charge is -2.08. The highest BCUT2D eigenvalue weighted by atomic mass is 35.5. The smallest absolute Gasteiger partial charge is 0.396 e. The average Bonchev–Trinajstić information content (AvgIpc) is 2.25. The normalized spacial score (nSPS) is 11.6. The molecule has 2 aromatic rings. The second-order valence-corrected chi connectivity index (χ2v) is 4.45. The maximum absolute atomic E-state index is 12.2. The molecule has 20 heavy (non-hydrogen) atoms. The van der Waals surface area contributed by atoms with E-state index < -0.39 is 29.9 Å². The molecule has 106 valence electrons. The minimum atomic E-state index is -4.53. The fraction of sp³-hybridized carbons (Fsp3) is 0.167. The third-order valence-corrected chi connectivity index (χ3v) is 2.67. The zero-order chi connectivity index (χ0) is 14.9. The number of benzene rings is 1. The molecule has 1 aromatic heterocycles. The Morgan fingerprint density at radius 3 is 2.60 bits per heavy atom. The average molecular weight is 305 g/mol. The minimum Gasteiger partial charge on any atom is -0.493 e. The van der Waals surface area contributed by atoms with E-state index in [9.17, 15) is 23.1 Å². The number of halogens is 4. The molecule has 0 spiro atoms. The van der Waals surface area contributed by atoms with Crippen molar-refractivity contribution in [3.8, 4) is 17.0 Å². The summed E-state index contributed by atoms with van der Waals surface area (Å²) in [5.74, 6) is -1.42. The molecule has 2 N–H and O–H groups in total. The Morgan fingerprint density at radius 1 is 1.35 bits per heavy atom. The number of hydrogen-bond acceptors (Lipinski definition) is 3. The van der Waals surface area contributed by atoms with E-state index in [1.807, 2.05) is 4.98 Å². The summed E-state index contributed by atoms with van der Waals surface area (Å²) < 4.78 is 36.7. The Morgan fingerprint density at radius 2 is 2.05 bits per heavy atom. The molecule has 0 unspecified atom stereocenters. The Kier molecular flexibility index (Phi) is 3.71. The summed E-state index contributed by atoms with van der Waals surface area (Å²) in [6.07, 6.45) is -5.95. The van der Waals surface area contributed by atoms with Crippen LogP contribution in [0.15, 0.2) is 29.1 Å². The fourth-order valence-electron chi connectivity index (χ4n) is 1.68. The van der Waals surface area contributed by atoms with Crippen LogP contribution in [-0.2, 0) is 6.42 Å². The third kappa shape index (κ3) is 3.30. The molecule has 0 radical (unpaired) electrons. The highest BCUT2D eigenvalue weighted by Crippen LogP contribution is 2.27. The first-order valence-electron chi connectivity index (χ1n) is 5.41. The lowest BCUT2D eigenvalue weighted by atomic mass is 10.1. The highest BCUT2D eigenvalue weighted by Gasteiger charge is 2.30. The lowest BCUT2D eigenvalue weighted by Crippen LogP contribution is -2.20. The van der Waals surface area contributed by atoms with Gasteiger partial charge < -0.3 is 10.1 Å². The molecular formula is C12H8ClF3N2O2. The SMILES string of the molecule is O=c1[nH]c(CC(F)(F)F)nc(O)c1-c1cccc(Cl)c1. The summed E-state index contributed by atoms with van der Waals surface area (Å²) in [4.78, 5) is 17.2. The van der Waals surface area contributed by atoms with Crippen molar-refractivity contribution in [3.63, 3.8) is 0 Å². The highest BCUT2D eigenvalue weighted by molar-refractivity contribution is 6.30. The second kappa shape index (κ2) is 5.16. The van der Waals surface area contributed by atoms with Gasteiger partial charge in [0, 0.05) is 5.02 Å². The maximum atomic E-state index is 12.2. The van der Waals surface area contributed by atoms with Crippen LogP contribution in [0.2, 0.25) is 5.02 Å². The van der Waals surface area contributed by atoms with Crippen LogP contribution in [0.4, 0.5) is 13.2 Å². The number of aromatic amines is 1. The van der Waals surface area contributed by atoms with E-state index in [0.29, 0.717) is 5.02 Å². The van der Waals surface area contributed by atoms with Crippen molar-refractivity contribution in [2.24, 2.45) is 0 Å². The molecule has 0 amide bonds. The minimum absolute atomic E-state index is 0.224. The number of alkyl halides is 3. The molecule has 0 saturated carbocycles. The predicted molar refractivity (Wildman–Crippen MR) is 66.7 cm³/mol. The van der Waals surface area contributed by atoms with E-state index in [4.69, 9.17) is 11.6 Å². The van der Waals surface area contributed by atoms with Gasteiger partial charge in [0.1, 0.15) is 17.8 Å². The van der Waals surface area contributed by atoms with E-state index in [2.05, 4.69) is 4.98 Å². The number of H-pyrrole nitrogens is 1. The van der Waals surface area contributed by atoms with Gasteiger partial charge in [-0.2, -0.15) is 18.2 Å². The molecule has 0 saturated heterocycles. The van der Waals surface area contributed by atoms with Gasteiger partial charge in [-0.1, -0.05) is 23.7 Å². The Hall–Kier alpha value is -2.02. The molecule has 0 fully saturated rings. The maximum Gasteiger partial charge on any atom is 0.396 e. The van der Waals surface area contributed by atoms with Gasteiger partial charge in [-0.15, -0.1) is 0 Å². The van der Waals surface area contributed by atoms with Crippen molar-refractivity contribution in [1.82, 2.24) is 9.97 Å². The van der Waals surface area contributed by atoms with Crippen molar-refractivity contribution in [2.75, 3.05) is 0 Å². The molecule has 2 rings (SSSR count). The van der Waals surface area contributed by atoms with Gasteiger partial charge in [-0.3, -0.25) is 4.79 Å². The van der Waals surface area contributed by atoms with Crippen LogP contribution in [0.5, 0.6) is 5.88 Å². The summed E-state index contributed by atoms with van der Waals surface area (Å²) in [6, 6.07) is 5.99.